The molecule has 0 radical (unpaired) electrons. The number of ether oxygens (including phenoxy) is 1. The van der Waals surface area contributed by atoms with Crippen molar-refractivity contribution in [3.63, 3.8) is 0 Å². The third-order valence-electron chi connectivity index (χ3n) is 6.22. The Balaban J connectivity index is 1.79. The lowest BCUT2D eigenvalue weighted by atomic mass is 9.66. The minimum Gasteiger partial charge on any atom is -0.374 e. The van der Waals surface area contributed by atoms with Crippen LogP contribution in [0.2, 0.25) is 0 Å². The van der Waals surface area contributed by atoms with Crippen LogP contribution >= 0.6 is 0 Å². The highest BCUT2D eigenvalue weighted by molar-refractivity contribution is 6.20. The number of halogens is 1. The van der Waals surface area contributed by atoms with E-state index in [0.717, 1.165) is 0 Å². The molecule has 29 heavy (non-hydrogen) atoms. The molecule has 0 unspecified atom stereocenters. The van der Waals surface area contributed by atoms with Crippen LogP contribution in [0.25, 0.3) is 11.0 Å². The van der Waals surface area contributed by atoms with Crippen LogP contribution in [0.4, 0.5) is 14.9 Å². The summed E-state index contributed by atoms with van der Waals surface area (Å²) in [6.07, 6.45) is -0.0442. The number of fused-ring (bicyclic) bond motifs is 5. The van der Waals surface area contributed by atoms with Crippen molar-refractivity contribution in [1.82, 2.24) is 15.8 Å². The smallest absolute Gasteiger partial charge is 0.328 e. The number of barbiturate groups is 1. The molecule has 1 aromatic heterocycles. The first kappa shape index (κ1) is 18.0. The Bertz CT molecular complexity index is 1060. The number of nitrogens with one attached hydrogen (secondary N) is 2. The molecule has 2 atom stereocenters. The number of urea groups is 1. The maximum Gasteiger partial charge on any atom is 0.328 e. The molecule has 0 saturated carbocycles. The number of carbonyl (C=O) groups excluding carboxylic acids is 3. The third-order valence-corrected chi connectivity index (χ3v) is 6.22. The Labute approximate surface area is 164 Å². The quantitative estimate of drug-likeness (QED) is 0.688. The van der Waals surface area contributed by atoms with Crippen LogP contribution in [0.3, 0.4) is 0 Å². The van der Waals surface area contributed by atoms with Crippen molar-refractivity contribution in [3.05, 3.63) is 23.1 Å². The van der Waals surface area contributed by atoms with E-state index in [-0.39, 0.29) is 12.0 Å². The van der Waals surface area contributed by atoms with Gasteiger partial charge in [0.15, 0.2) is 11.2 Å². The van der Waals surface area contributed by atoms with E-state index in [1.807, 2.05) is 6.92 Å². The Kier molecular flexibility index (Phi) is 3.73. The summed E-state index contributed by atoms with van der Waals surface area (Å²) in [5.41, 5.74) is -0.271. The van der Waals surface area contributed by atoms with E-state index in [0.29, 0.717) is 41.9 Å². The molecular weight excluding hydrogens is 383 g/mol. The molecule has 9 nitrogen and oxygen atoms in total. The van der Waals surface area contributed by atoms with E-state index in [4.69, 9.17) is 9.26 Å². The first-order valence-corrected chi connectivity index (χ1v) is 9.51. The van der Waals surface area contributed by atoms with Gasteiger partial charge in [-0.05, 0) is 25.0 Å². The summed E-state index contributed by atoms with van der Waals surface area (Å²) >= 11 is 0. The predicted molar refractivity (Wildman–Crippen MR) is 97.7 cm³/mol. The first-order valence-electron chi connectivity index (χ1n) is 9.51. The highest BCUT2D eigenvalue weighted by Gasteiger charge is 2.63. The van der Waals surface area contributed by atoms with Gasteiger partial charge in [-0.15, -0.1) is 0 Å². The fourth-order valence-electron chi connectivity index (χ4n) is 4.95. The average molecular weight is 402 g/mol. The average Bonchev–Trinajstić information content (AvgIpc) is 3.06. The summed E-state index contributed by atoms with van der Waals surface area (Å²) in [6, 6.07) is 0.0902. The van der Waals surface area contributed by atoms with Gasteiger partial charge in [0.05, 0.1) is 30.1 Å². The molecule has 5 rings (SSSR count). The summed E-state index contributed by atoms with van der Waals surface area (Å²) in [5.74, 6) is -1.96. The fraction of sp³-hybridized carbons (Fsp3) is 0.474. The molecule has 4 amide bonds. The van der Waals surface area contributed by atoms with Gasteiger partial charge in [0, 0.05) is 18.4 Å². The maximum absolute atomic E-state index is 15.5. The summed E-state index contributed by atoms with van der Waals surface area (Å²) in [5, 5.41) is 8.77. The Hall–Kier alpha value is -3.01. The number of morpholine rings is 1. The number of aromatic nitrogens is 1. The molecular formula is C19H19FN4O5. The van der Waals surface area contributed by atoms with E-state index >= 15 is 4.39 Å². The zero-order valence-corrected chi connectivity index (χ0v) is 15.9. The molecule has 10 heteroatoms. The summed E-state index contributed by atoms with van der Waals surface area (Å²) in [6.45, 7) is 4.18. The number of imide groups is 2. The number of carbonyl (C=O) groups is 3. The second kappa shape index (κ2) is 5.99. The maximum atomic E-state index is 15.5. The predicted octanol–water partition coefficient (Wildman–Crippen LogP) is 1.17. The normalized spacial score (nSPS) is 25.6. The standard InChI is InChI=1S/C19H19FN4O5/c1-3-11-15-19(16(25)21-18(27)22-17(19)26)7-9-6-10-8(2)23-29-14(10)12(20)13(9)24(15)4-5-28-11/h6,11,15H,3-5,7H2,1-2H3,(H2,21,22,25,26,27)/t11-,15+/m0/s1. The number of benzene rings is 1. The number of hydrogen-bond acceptors (Lipinski definition) is 7. The van der Waals surface area contributed by atoms with Gasteiger partial charge in [-0.25, -0.2) is 9.18 Å². The highest BCUT2D eigenvalue weighted by atomic mass is 19.1. The molecule has 1 spiro atoms. The molecule has 4 heterocycles. The molecule has 0 aliphatic carbocycles. The Morgan fingerprint density at radius 1 is 1.31 bits per heavy atom. The second-order valence-electron chi connectivity index (χ2n) is 7.68. The molecule has 3 aliphatic heterocycles. The molecule has 1 aromatic carbocycles. The van der Waals surface area contributed by atoms with E-state index in [9.17, 15) is 14.4 Å². The lowest BCUT2D eigenvalue weighted by Crippen LogP contribution is -2.75. The lowest BCUT2D eigenvalue weighted by molar-refractivity contribution is -0.151. The summed E-state index contributed by atoms with van der Waals surface area (Å²) < 4.78 is 26.5. The number of anilines is 1. The summed E-state index contributed by atoms with van der Waals surface area (Å²) in [7, 11) is 0. The van der Waals surface area contributed by atoms with Crippen LogP contribution in [0.15, 0.2) is 10.6 Å². The lowest BCUT2D eigenvalue weighted by Gasteiger charge is -2.54. The minimum absolute atomic E-state index is 0.0446. The molecule has 2 fully saturated rings. The van der Waals surface area contributed by atoms with Crippen molar-refractivity contribution in [3.8, 4) is 0 Å². The Morgan fingerprint density at radius 3 is 2.72 bits per heavy atom. The van der Waals surface area contributed by atoms with Crippen molar-refractivity contribution < 1.29 is 28.0 Å². The van der Waals surface area contributed by atoms with Crippen molar-refractivity contribution in [2.24, 2.45) is 5.41 Å². The zero-order valence-electron chi connectivity index (χ0n) is 15.9. The largest absolute Gasteiger partial charge is 0.374 e. The van der Waals surface area contributed by atoms with Crippen LogP contribution in [-0.2, 0) is 20.7 Å². The SMILES string of the molecule is CC[C@@H]1OCCN2c3c(cc4c(C)noc4c3F)CC3(C(=O)NC(=O)NC3=O)[C@@H]12. The van der Waals surface area contributed by atoms with Gasteiger partial charge in [-0.2, -0.15) is 0 Å². The van der Waals surface area contributed by atoms with Crippen LogP contribution in [-0.4, -0.2) is 48.3 Å². The number of rotatable bonds is 1. The molecule has 152 valence electrons. The minimum atomic E-state index is -1.62. The van der Waals surface area contributed by atoms with Gasteiger partial charge < -0.3 is 14.2 Å². The van der Waals surface area contributed by atoms with Gasteiger partial charge in [0.2, 0.25) is 17.4 Å². The molecule has 2 N–H and O–H groups in total. The van der Waals surface area contributed by atoms with E-state index < -0.39 is 41.2 Å². The van der Waals surface area contributed by atoms with Gasteiger partial charge in [0.25, 0.3) is 0 Å². The van der Waals surface area contributed by atoms with Gasteiger partial charge in [0.1, 0.15) is 0 Å². The van der Waals surface area contributed by atoms with Gasteiger partial charge in [-0.1, -0.05) is 12.1 Å². The van der Waals surface area contributed by atoms with E-state index in [1.54, 1.807) is 17.9 Å². The number of aryl methyl sites for hydroxylation is 1. The molecule has 0 bridgehead atoms. The number of hydrogen-bond donors (Lipinski definition) is 2. The molecule has 2 saturated heterocycles. The van der Waals surface area contributed by atoms with Crippen molar-refractivity contribution in [2.75, 3.05) is 18.1 Å². The zero-order chi connectivity index (χ0) is 20.5. The molecule has 2 aromatic rings. The second-order valence-corrected chi connectivity index (χ2v) is 7.68. The van der Waals surface area contributed by atoms with Crippen LogP contribution < -0.4 is 15.5 Å². The topological polar surface area (TPSA) is 114 Å². The van der Waals surface area contributed by atoms with Crippen molar-refractivity contribution >= 4 is 34.5 Å². The Morgan fingerprint density at radius 2 is 2.03 bits per heavy atom. The van der Waals surface area contributed by atoms with E-state index in [1.165, 1.54) is 0 Å². The fourth-order valence-corrected chi connectivity index (χ4v) is 4.95. The van der Waals surface area contributed by atoms with Crippen molar-refractivity contribution in [2.45, 2.75) is 38.8 Å². The van der Waals surface area contributed by atoms with Crippen LogP contribution in [0.5, 0.6) is 0 Å². The first-order chi connectivity index (χ1) is 13.9. The van der Waals surface area contributed by atoms with Crippen LogP contribution in [0.1, 0.15) is 24.6 Å². The number of nitrogens with zero attached hydrogens (tertiary/aromatic N) is 2. The highest BCUT2D eigenvalue weighted by Crippen LogP contribution is 2.49. The van der Waals surface area contributed by atoms with E-state index in [2.05, 4.69) is 15.8 Å². The molecule has 3 aliphatic rings. The summed E-state index contributed by atoms with van der Waals surface area (Å²) in [4.78, 5) is 39.6. The monoisotopic (exact) mass is 402 g/mol. The van der Waals surface area contributed by atoms with Crippen LogP contribution in [0, 0.1) is 18.2 Å². The van der Waals surface area contributed by atoms with Gasteiger partial charge >= 0.3 is 6.03 Å². The van der Waals surface area contributed by atoms with Gasteiger partial charge in [-0.3, -0.25) is 20.2 Å². The number of amides is 4. The third kappa shape index (κ3) is 2.23. The van der Waals surface area contributed by atoms with Crippen molar-refractivity contribution in [1.29, 1.82) is 0 Å².